The van der Waals surface area contributed by atoms with E-state index >= 15 is 0 Å². The van der Waals surface area contributed by atoms with Gasteiger partial charge in [-0.15, -0.1) is 10.2 Å². The number of benzene rings is 1. The summed E-state index contributed by atoms with van der Waals surface area (Å²) in [6, 6.07) is 10.2. The standard InChI is InChI=1S/C18H22N4O2S2/c23-16(20-13-8-9-13)15(12-5-2-1-3-6-12)25-18-22-21-17(26-18)19-11-14-7-4-10-24-14/h1-3,5-6,13-15H,4,7-11H2,(H,19,21)(H,20,23)/t14-,15-/m0/s1. The molecule has 1 saturated heterocycles. The molecule has 1 aliphatic heterocycles. The van der Waals surface area contributed by atoms with Crippen LogP contribution in [0.15, 0.2) is 34.7 Å². The first-order valence-corrected chi connectivity index (χ1v) is 10.7. The Morgan fingerprint density at radius 2 is 2.12 bits per heavy atom. The van der Waals surface area contributed by atoms with Gasteiger partial charge < -0.3 is 15.4 Å². The van der Waals surface area contributed by atoms with Crippen molar-refractivity contribution in [3.8, 4) is 0 Å². The predicted octanol–water partition coefficient (Wildman–Crippen LogP) is 3.24. The van der Waals surface area contributed by atoms with E-state index in [1.807, 2.05) is 30.3 Å². The number of carbonyl (C=O) groups is 1. The molecule has 2 heterocycles. The lowest BCUT2D eigenvalue weighted by Gasteiger charge is -2.15. The molecule has 0 spiro atoms. The summed E-state index contributed by atoms with van der Waals surface area (Å²) >= 11 is 2.95. The highest BCUT2D eigenvalue weighted by molar-refractivity contribution is 8.01. The summed E-state index contributed by atoms with van der Waals surface area (Å²) in [5.41, 5.74) is 0.986. The fourth-order valence-corrected chi connectivity index (χ4v) is 4.80. The van der Waals surface area contributed by atoms with Crippen LogP contribution in [0.1, 0.15) is 36.5 Å². The molecule has 2 atom stereocenters. The van der Waals surface area contributed by atoms with Crippen molar-refractivity contribution in [3.05, 3.63) is 35.9 Å². The Morgan fingerprint density at radius 1 is 1.27 bits per heavy atom. The lowest BCUT2D eigenvalue weighted by Crippen LogP contribution is -2.29. The van der Waals surface area contributed by atoms with Crippen molar-refractivity contribution in [1.29, 1.82) is 0 Å². The molecular formula is C18H22N4O2S2. The molecule has 138 valence electrons. The maximum atomic E-state index is 12.7. The SMILES string of the molecule is O=C(NC1CC1)[C@@H](Sc1nnc(NC[C@@H]2CCCO2)s1)c1ccccc1. The van der Waals surface area contributed by atoms with Crippen LogP contribution in [0.3, 0.4) is 0 Å². The average molecular weight is 391 g/mol. The minimum atomic E-state index is -0.309. The number of nitrogens with zero attached hydrogens (tertiary/aromatic N) is 2. The van der Waals surface area contributed by atoms with Gasteiger partial charge in [0.25, 0.3) is 0 Å². The zero-order chi connectivity index (χ0) is 17.8. The third-order valence-electron chi connectivity index (χ3n) is 4.39. The van der Waals surface area contributed by atoms with E-state index in [1.54, 1.807) is 0 Å². The third-order valence-corrected chi connectivity index (χ3v) is 6.61. The van der Waals surface area contributed by atoms with Crippen molar-refractivity contribution in [3.63, 3.8) is 0 Å². The second kappa shape index (κ2) is 8.37. The predicted molar refractivity (Wildman–Crippen MR) is 104 cm³/mol. The van der Waals surface area contributed by atoms with Crippen molar-refractivity contribution >= 4 is 34.1 Å². The van der Waals surface area contributed by atoms with Gasteiger partial charge in [0, 0.05) is 19.2 Å². The van der Waals surface area contributed by atoms with Gasteiger partial charge in [-0.25, -0.2) is 0 Å². The molecule has 2 aliphatic rings. The first-order valence-electron chi connectivity index (χ1n) is 8.99. The zero-order valence-electron chi connectivity index (χ0n) is 14.4. The fraction of sp³-hybridized carbons (Fsp3) is 0.500. The minimum absolute atomic E-state index is 0.0489. The number of anilines is 1. The van der Waals surface area contributed by atoms with Crippen LogP contribution >= 0.6 is 23.1 Å². The molecule has 8 heteroatoms. The van der Waals surface area contributed by atoms with Crippen LogP contribution in [0.2, 0.25) is 0 Å². The maximum absolute atomic E-state index is 12.7. The van der Waals surface area contributed by atoms with Crippen molar-refractivity contribution < 1.29 is 9.53 Å². The van der Waals surface area contributed by atoms with Gasteiger partial charge in [-0.2, -0.15) is 0 Å². The van der Waals surface area contributed by atoms with Crippen LogP contribution in [-0.4, -0.2) is 41.4 Å². The van der Waals surface area contributed by atoms with Crippen LogP contribution in [-0.2, 0) is 9.53 Å². The first-order chi connectivity index (χ1) is 12.8. The topological polar surface area (TPSA) is 76.1 Å². The van der Waals surface area contributed by atoms with Gasteiger partial charge in [0.2, 0.25) is 11.0 Å². The van der Waals surface area contributed by atoms with Gasteiger partial charge in [-0.1, -0.05) is 53.4 Å². The zero-order valence-corrected chi connectivity index (χ0v) is 16.0. The van der Waals surface area contributed by atoms with Gasteiger partial charge >= 0.3 is 0 Å². The van der Waals surface area contributed by atoms with Crippen LogP contribution in [0.4, 0.5) is 5.13 Å². The molecule has 4 rings (SSSR count). The molecule has 6 nitrogen and oxygen atoms in total. The van der Waals surface area contributed by atoms with Gasteiger partial charge in [0.15, 0.2) is 4.34 Å². The summed E-state index contributed by atoms with van der Waals surface area (Å²) in [7, 11) is 0. The number of rotatable bonds is 8. The number of hydrogen-bond acceptors (Lipinski definition) is 7. The number of nitrogens with one attached hydrogen (secondary N) is 2. The quantitative estimate of drug-likeness (QED) is 0.674. The molecule has 2 N–H and O–H groups in total. The van der Waals surface area contributed by atoms with E-state index in [0.29, 0.717) is 6.04 Å². The highest BCUT2D eigenvalue weighted by Crippen LogP contribution is 2.38. The smallest absolute Gasteiger partial charge is 0.238 e. The number of thioether (sulfide) groups is 1. The third kappa shape index (κ3) is 4.75. The fourth-order valence-electron chi connectivity index (χ4n) is 2.84. The molecule has 26 heavy (non-hydrogen) atoms. The Labute approximate surface area is 161 Å². The van der Waals surface area contributed by atoms with Crippen LogP contribution in [0.5, 0.6) is 0 Å². The van der Waals surface area contributed by atoms with Crippen LogP contribution in [0.25, 0.3) is 0 Å². The maximum Gasteiger partial charge on any atom is 0.238 e. The largest absolute Gasteiger partial charge is 0.376 e. The number of hydrogen-bond donors (Lipinski definition) is 2. The number of amides is 1. The number of aromatic nitrogens is 2. The molecule has 1 amide bonds. The molecule has 0 unspecified atom stereocenters. The Morgan fingerprint density at radius 3 is 2.85 bits per heavy atom. The van der Waals surface area contributed by atoms with E-state index in [9.17, 15) is 4.79 Å². The van der Waals surface area contributed by atoms with E-state index in [-0.39, 0.29) is 17.3 Å². The molecule has 0 radical (unpaired) electrons. The normalized spacial score (nSPS) is 20.7. The minimum Gasteiger partial charge on any atom is -0.376 e. The van der Waals surface area contributed by atoms with Crippen LogP contribution in [0, 0.1) is 0 Å². The molecule has 2 fully saturated rings. The van der Waals surface area contributed by atoms with Gasteiger partial charge in [0.05, 0.1) is 6.10 Å². The van der Waals surface area contributed by atoms with E-state index in [2.05, 4.69) is 20.8 Å². The Kier molecular flexibility index (Phi) is 5.72. The van der Waals surface area contributed by atoms with Crippen LogP contribution < -0.4 is 10.6 Å². The second-order valence-corrected chi connectivity index (χ2v) is 8.91. The van der Waals surface area contributed by atoms with Gasteiger partial charge in [-0.05, 0) is 31.2 Å². The summed E-state index contributed by atoms with van der Waals surface area (Å²) in [6.45, 7) is 1.60. The Bertz CT molecular complexity index is 730. The van der Waals surface area contributed by atoms with Gasteiger partial charge in [-0.3, -0.25) is 4.79 Å². The number of carbonyl (C=O) groups excluding carboxylic acids is 1. The van der Waals surface area contributed by atoms with E-state index in [1.165, 1.54) is 23.1 Å². The van der Waals surface area contributed by atoms with Gasteiger partial charge in [0.1, 0.15) is 5.25 Å². The van der Waals surface area contributed by atoms with Crippen molar-refractivity contribution in [2.75, 3.05) is 18.5 Å². The van der Waals surface area contributed by atoms with E-state index in [0.717, 1.165) is 53.9 Å². The average Bonchev–Trinajstić information content (AvgIpc) is 3.14. The molecule has 2 aromatic rings. The van der Waals surface area contributed by atoms with Crippen molar-refractivity contribution in [2.24, 2.45) is 0 Å². The number of ether oxygens (including phenoxy) is 1. The summed E-state index contributed by atoms with van der Waals surface area (Å²) in [4.78, 5) is 12.7. The summed E-state index contributed by atoms with van der Waals surface area (Å²) < 4.78 is 6.41. The highest BCUT2D eigenvalue weighted by Gasteiger charge is 2.30. The van der Waals surface area contributed by atoms with E-state index in [4.69, 9.17) is 4.74 Å². The van der Waals surface area contributed by atoms with Crippen molar-refractivity contribution in [1.82, 2.24) is 15.5 Å². The Hall–Kier alpha value is -1.64. The molecule has 1 aromatic heterocycles. The summed E-state index contributed by atoms with van der Waals surface area (Å²) in [5.74, 6) is 0.0489. The molecule has 1 saturated carbocycles. The first kappa shape index (κ1) is 17.8. The molecular weight excluding hydrogens is 368 g/mol. The molecule has 0 bridgehead atoms. The highest BCUT2D eigenvalue weighted by atomic mass is 32.2. The molecule has 1 aliphatic carbocycles. The van der Waals surface area contributed by atoms with Crippen molar-refractivity contribution in [2.45, 2.75) is 47.4 Å². The monoisotopic (exact) mass is 390 g/mol. The second-order valence-electron chi connectivity index (χ2n) is 6.58. The molecule has 1 aromatic carbocycles. The summed E-state index contributed by atoms with van der Waals surface area (Å²) in [5, 5.41) is 15.3. The summed E-state index contributed by atoms with van der Waals surface area (Å²) in [6.07, 6.45) is 4.63. The van der Waals surface area contributed by atoms with E-state index < -0.39 is 0 Å². The lowest BCUT2D eigenvalue weighted by atomic mass is 10.1. The lowest BCUT2D eigenvalue weighted by molar-refractivity contribution is -0.120. The Balaban J connectivity index is 1.40.